The third kappa shape index (κ3) is 8.57. The molecule has 2 rings (SSSR count). The maximum atomic E-state index is 7.00. The van der Waals surface area contributed by atoms with Gasteiger partial charge in [-0.2, -0.15) is 11.1 Å². The molecule has 0 saturated heterocycles. The van der Waals surface area contributed by atoms with Crippen molar-refractivity contribution in [3.8, 4) is 0 Å². The van der Waals surface area contributed by atoms with E-state index in [1.807, 2.05) is 45.0 Å². The van der Waals surface area contributed by atoms with Gasteiger partial charge in [-0.25, -0.2) is 5.57 Å². The number of nitrogens with one attached hydrogen (secondary N) is 1. The zero-order valence-electron chi connectivity index (χ0n) is 13.7. The van der Waals surface area contributed by atoms with Crippen molar-refractivity contribution in [3.63, 3.8) is 0 Å². The molecular weight excluding hydrogens is 294 g/mol. The summed E-state index contributed by atoms with van der Waals surface area (Å²) >= 11 is 2.03. The summed E-state index contributed by atoms with van der Waals surface area (Å²) in [6.07, 6.45) is 3.36. The van der Waals surface area contributed by atoms with Crippen molar-refractivity contribution in [1.82, 2.24) is 0 Å². The average molecular weight is 321 g/mol. The van der Waals surface area contributed by atoms with Crippen LogP contribution in [0, 0.1) is 26.8 Å². The van der Waals surface area contributed by atoms with Gasteiger partial charge in [-0.15, -0.1) is 12.6 Å². The number of hydrogen-bond donors (Lipinski definition) is 0. The van der Waals surface area contributed by atoms with Crippen LogP contribution in [0.3, 0.4) is 0 Å². The van der Waals surface area contributed by atoms with E-state index < -0.39 is 0 Å². The minimum atomic E-state index is 0. The molecule has 1 atom stereocenters. The van der Waals surface area contributed by atoms with Crippen molar-refractivity contribution in [3.05, 3.63) is 73.7 Å². The Kier molecular flexibility index (Phi) is 16.4. The van der Waals surface area contributed by atoms with Crippen molar-refractivity contribution >= 4 is 13.3 Å². The van der Waals surface area contributed by atoms with Gasteiger partial charge in [0.05, 0.1) is 0 Å². The van der Waals surface area contributed by atoms with Crippen LogP contribution < -0.4 is 0 Å². The fourth-order valence-electron chi connectivity index (χ4n) is 1.60. The molecule has 1 aliphatic carbocycles. The Morgan fingerprint density at radius 2 is 1.50 bits per heavy atom. The molecule has 0 aromatic heterocycles. The van der Waals surface area contributed by atoms with Crippen molar-refractivity contribution in [2.75, 3.05) is 0 Å². The summed E-state index contributed by atoms with van der Waals surface area (Å²) in [6.45, 7) is 8.67. The predicted octanol–water partition coefficient (Wildman–Crippen LogP) is 5.07. The SMILES string of the molecule is CC1=[C-]C(C)C(C)=C1C.[CH3-].[CH3-].[NH-]c1ccccc1.[SiH2]=[Ti]. The fourth-order valence-corrected chi connectivity index (χ4v) is 1.60. The third-order valence-corrected chi connectivity index (χ3v) is 3.01. The van der Waals surface area contributed by atoms with Gasteiger partial charge in [-0.05, 0) is 0 Å². The molecule has 1 aromatic rings. The Labute approximate surface area is 139 Å². The van der Waals surface area contributed by atoms with Crippen LogP contribution in [-0.2, 0) is 19.2 Å². The zero-order valence-corrected chi connectivity index (χ0v) is 16.6. The van der Waals surface area contributed by atoms with E-state index in [9.17, 15) is 0 Å². The number of benzene rings is 1. The second-order valence-corrected chi connectivity index (χ2v) is 4.17. The first-order valence-corrected chi connectivity index (χ1v) is 9.94. The Bertz CT molecular complexity index is 424. The molecule has 0 fully saturated rings. The van der Waals surface area contributed by atoms with E-state index in [1.54, 1.807) is 12.1 Å². The number of hydrogen-bond acceptors (Lipinski definition) is 0. The third-order valence-electron chi connectivity index (χ3n) is 3.01. The van der Waals surface area contributed by atoms with E-state index in [0.717, 1.165) is 0 Å². The van der Waals surface area contributed by atoms with Crippen molar-refractivity contribution in [2.45, 2.75) is 27.7 Å². The van der Waals surface area contributed by atoms with Crippen LogP contribution in [0.2, 0.25) is 0 Å². The molecule has 0 spiro atoms. The summed E-state index contributed by atoms with van der Waals surface area (Å²) < 4.78 is 0. The van der Waals surface area contributed by atoms with E-state index in [4.69, 9.17) is 5.73 Å². The Morgan fingerprint density at radius 3 is 1.65 bits per heavy atom. The summed E-state index contributed by atoms with van der Waals surface area (Å²) in [7, 11) is 1.86. The molecule has 0 bridgehead atoms. The van der Waals surface area contributed by atoms with E-state index in [2.05, 4.69) is 33.8 Å². The molecule has 0 amide bonds. The monoisotopic (exact) mass is 321 g/mol. The molecule has 0 radical (unpaired) electrons. The van der Waals surface area contributed by atoms with Crippen molar-refractivity contribution in [2.24, 2.45) is 5.92 Å². The van der Waals surface area contributed by atoms with Gasteiger partial charge in [0.25, 0.3) is 0 Å². The molecule has 0 heterocycles. The van der Waals surface area contributed by atoms with Gasteiger partial charge >= 0.3 is 26.8 Å². The van der Waals surface area contributed by atoms with Crippen LogP contribution in [0.4, 0.5) is 5.69 Å². The Balaban J connectivity index is -0.000000240. The first-order valence-electron chi connectivity index (χ1n) is 5.92. The molecule has 3 heteroatoms. The van der Waals surface area contributed by atoms with Crippen LogP contribution in [0.1, 0.15) is 27.7 Å². The maximum absolute atomic E-state index is 7.00. The minimum absolute atomic E-state index is 0. The van der Waals surface area contributed by atoms with Crippen LogP contribution in [0.5, 0.6) is 0 Å². The Hall–Kier alpha value is -0.569. The summed E-state index contributed by atoms with van der Waals surface area (Å²) in [5.41, 5.74) is 11.8. The van der Waals surface area contributed by atoms with Crippen LogP contribution in [0.25, 0.3) is 5.73 Å². The topological polar surface area (TPSA) is 23.8 Å². The second kappa shape index (κ2) is 13.4. The average Bonchev–Trinajstić information content (AvgIpc) is 2.60. The summed E-state index contributed by atoms with van der Waals surface area (Å²) in [6, 6.07) is 9.10. The van der Waals surface area contributed by atoms with Crippen LogP contribution in [-0.4, -0.2) is 7.63 Å². The number of allylic oxidation sites excluding steroid dienone is 4. The van der Waals surface area contributed by atoms with Gasteiger partial charge in [-0.1, -0.05) is 57.0 Å². The van der Waals surface area contributed by atoms with Gasteiger partial charge in [0.1, 0.15) is 0 Å². The van der Waals surface area contributed by atoms with Gasteiger partial charge < -0.3 is 20.6 Å². The van der Waals surface area contributed by atoms with Crippen molar-refractivity contribution in [1.29, 1.82) is 0 Å². The molecule has 1 N–H and O–H groups in total. The molecule has 1 aromatic carbocycles. The van der Waals surface area contributed by atoms with Crippen LogP contribution >= 0.6 is 0 Å². The van der Waals surface area contributed by atoms with Gasteiger partial charge in [-0.3, -0.25) is 6.08 Å². The standard InChI is InChI=1S/C9H13.C6H6N.2CH3.H2Si.Ti/c1-6-5-7(2)9(4)8(6)3;7-6-4-2-1-3-5-6;;;;/h6H,1-4H3;1-5,7H;2*1H3;1H2;/q4*-1;;. The molecule has 1 nitrogen and oxygen atoms in total. The molecule has 112 valence electrons. The van der Waals surface area contributed by atoms with Gasteiger partial charge in [0.2, 0.25) is 0 Å². The molecule has 0 aliphatic heterocycles. The molecular formula is C17H27NSiTi-4. The van der Waals surface area contributed by atoms with Crippen LogP contribution in [0.15, 0.2) is 47.1 Å². The van der Waals surface area contributed by atoms with Crippen molar-refractivity contribution < 1.29 is 19.2 Å². The first kappa shape index (κ1) is 24.4. The second-order valence-electron chi connectivity index (χ2n) is 4.17. The summed E-state index contributed by atoms with van der Waals surface area (Å²) in [5.74, 6) is 0.560. The molecule has 20 heavy (non-hydrogen) atoms. The quantitative estimate of drug-likeness (QED) is 0.470. The predicted molar refractivity (Wildman–Crippen MR) is 91.8 cm³/mol. The van der Waals surface area contributed by atoms with E-state index >= 15 is 0 Å². The zero-order chi connectivity index (χ0) is 14.1. The molecule has 1 aliphatic rings. The summed E-state index contributed by atoms with van der Waals surface area (Å²) in [4.78, 5) is 0. The van der Waals surface area contributed by atoms with Gasteiger partial charge in [0, 0.05) is 0 Å². The Morgan fingerprint density at radius 1 is 1.05 bits per heavy atom. The first-order chi connectivity index (χ1) is 8.52. The normalized spacial score (nSPS) is 15.3. The van der Waals surface area contributed by atoms with E-state index in [-0.39, 0.29) is 14.9 Å². The van der Waals surface area contributed by atoms with E-state index in [0.29, 0.717) is 11.6 Å². The summed E-state index contributed by atoms with van der Waals surface area (Å²) in [5, 5.41) is 0. The van der Waals surface area contributed by atoms with E-state index in [1.165, 1.54) is 16.7 Å². The fraction of sp³-hybridized carbons (Fsp3) is 0.294. The molecule has 1 unspecified atom stereocenters. The number of rotatable bonds is 0. The molecule has 0 saturated carbocycles. The van der Waals surface area contributed by atoms with Gasteiger partial charge in [0.15, 0.2) is 0 Å².